The second-order valence-corrected chi connectivity index (χ2v) is 10.3. The molecule has 1 saturated heterocycles. The SMILES string of the molecule is CC1(C)C(C(=O)N(C2CCCC2)C2CC(=O)N(c3ccc(C(N)=O)cc3)C2=O)C1(C)C. The van der Waals surface area contributed by atoms with Gasteiger partial charge >= 0.3 is 0 Å². The summed E-state index contributed by atoms with van der Waals surface area (Å²) < 4.78 is 0. The summed E-state index contributed by atoms with van der Waals surface area (Å²) in [5, 5.41) is 0. The van der Waals surface area contributed by atoms with Crippen LogP contribution in [0.25, 0.3) is 0 Å². The minimum Gasteiger partial charge on any atom is -0.366 e. The molecule has 0 radical (unpaired) electrons. The van der Waals surface area contributed by atoms with Gasteiger partial charge in [-0.15, -0.1) is 0 Å². The second kappa shape index (κ2) is 7.18. The van der Waals surface area contributed by atoms with Crippen molar-refractivity contribution < 1.29 is 19.2 Å². The highest BCUT2D eigenvalue weighted by molar-refractivity contribution is 6.23. The van der Waals surface area contributed by atoms with E-state index < -0.39 is 11.9 Å². The summed E-state index contributed by atoms with van der Waals surface area (Å²) in [4.78, 5) is 54.2. The van der Waals surface area contributed by atoms with Crippen LogP contribution < -0.4 is 10.6 Å². The van der Waals surface area contributed by atoms with Crippen molar-refractivity contribution in [1.29, 1.82) is 0 Å². The third-order valence-corrected chi connectivity index (χ3v) is 8.11. The molecular formula is C24H31N3O4. The first-order valence-electron chi connectivity index (χ1n) is 11.1. The van der Waals surface area contributed by atoms with Gasteiger partial charge in [-0.2, -0.15) is 0 Å². The van der Waals surface area contributed by atoms with Crippen LogP contribution in [0.15, 0.2) is 24.3 Å². The lowest BCUT2D eigenvalue weighted by Gasteiger charge is -2.34. The zero-order chi connectivity index (χ0) is 22.7. The van der Waals surface area contributed by atoms with E-state index in [2.05, 4.69) is 27.7 Å². The number of imide groups is 1. The fourth-order valence-electron chi connectivity index (χ4n) is 5.61. The molecule has 2 N–H and O–H groups in total. The standard InChI is InChI=1S/C24H31N3O4/c1-23(2)19(24(23,3)4)22(31)26(15-7-5-6-8-15)17-13-18(28)27(21(17)30)16-11-9-14(10-12-16)20(25)29/h9-12,15,17,19H,5-8,13H2,1-4H3,(H2,25,29). The molecule has 0 aromatic heterocycles. The summed E-state index contributed by atoms with van der Waals surface area (Å²) in [7, 11) is 0. The molecule has 7 heteroatoms. The van der Waals surface area contributed by atoms with Gasteiger partial charge in [0.1, 0.15) is 6.04 Å². The lowest BCUT2D eigenvalue weighted by atomic mass is 10.0. The minimum atomic E-state index is -0.772. The lowest BCUT2D eigenvalue weighted by molar-refractivity contribution is -0.143. The fourth-order valence-corrected chi connectivity index (χ4v) is 5.61. The molecule has 1 unspecified atom stereocenters. The van der Waals surface area contributed by atoms with Gasteiger partial charge in [-0.3, -0.25) is 19.2 Å². The van der Waals surface area contributed by atoms with Gasteiger partial charge in [-0.1, -0.05) is 40.5 Å². The quantitative estimate of drug-likeness (QED) is 0.733. The molecular weight excluding hydrogens is 394 g/mol. The number of hydrogen-bond donors (Lipinski definition) is 1. The zero-order valence-corrected chi connectivity index (χ0v) is 18.7. The second-order valence-electron chi connectivity index (χ2n) is 10.3. The van der Waals surface area contributed by atoms with Crippen LogP contribution in [0, 0.1) is 16.7 Å². The predicted molar refractivity (Wildman–Crippen MR) is 116 cm³/mol. The average molecular weight is 426 g/mol. The van der Waals surface area contributed by atoms with Crippen molar-refractivity contribution in [1.82, 2.24) is 4.90 Å². The van der Waals surface area contributed by atoms with E-state index in [9.17, 15) is 19.2 Å². The van der Waals surface area contributed by atoms with Gasteiger partial charge in [0.2, 0.25) is 17.7 Å². The van der Waals surface area contributed by atoms with Gasteiger partial charge in [-0.05, 0) is 47.9 Å². The predicted octanol–water partition coefficient (Wildman–Crippen LogP) is 2.87. The number of carbonyl (C=O) groups excluding carboxylic acids is 4. The van der Waals surface area contributed by atoms with E-state index in [0.29, 0.717) is 11.3 Å². The largest absolute Gasteiger partial charge is 0.366 e. The molecule has 2 saturated carbocycles. The van der Waals surface area contributed by atoms with Crippen molar-refractivity contribution >= 4 is 29.3 Å². The van der Waals surface area contributed by atoms with E-state index >= 15 is 0 Å². The summed E-state index contributed by atoms with van der Waals surface area (Å²) in [6.07, 6.45) is 3.78. The topological polar surface area (TPSA) is 101 Å². The Hall–Kier alpha value is -2.70. The molecule has 0 spiro atoms. The Kier molecular flexibility index (Phi) is 4.98. The minimum absolute atomic E-state index is 0.000948. The van der Waals surface area contributed by atoms with Gasteiger partial charge in [0, 0.05) is 17.5 Å². The van der Waals surface area contributed by atoms with Crippen molar-refractivity contribution in [3.05, 3.63) is 29.8 Å². The van der Waals surface area contributed by atoms with Gasteiger partial charge in [-0.25, -0.2) is 4.90 Å². The Morgan fingerprint density at radius 2 is 1.55 bits per heavy atom. The van der Waals surface area contributed by atoms with Gasteiger partial charge in [0.05, 0.1) is 12.1 Å². The Balaban J connectivity index is 1.63. The maximum absolute atomic E-state index is 13.7. The van der Waals surface area contributed by atoms with Gasteiger partial charge in [0.15, 0.2) is 0 Å². The number of primary amides is 1. The molecule has 1 aromatic carbocycles. The van der Waals surface area contributed by atoms with Crippen LogP contribution in [0.3, 0.4) is 0 Å². The number of nitrogens with zero attached hydrogens (tertiary/aromatic N) is 2. The smallest absolute Gasteiger partial charge is 0.257 e. The van der Waals surface area contributed by atoms with Crippen LogP contribution in [-0.2, 0) is 14.4 Å². The van der Waals surface area contributed by atoms with E-state index in [1.807, 2.05) is 0 Å². The van der Waals surface area contributed by atoms with E-state index in [-0.39, 0.29) is 46.9 Å². The molecule has 1 aliphatic heterocycles. The average Bonchev–Trinajstić information content (AvgIpc) is 3.12. The highest BCUT2D eigenvalue weighted by atomic mass is 16.2. The first-order chi connectivity index (χ1) is 14.5. The summed E-state index contributed by atoms with van der Waals surface area (Å²) in [6.45, 7) is 8.38. The zero-order valence-electron chi connectivity index (χ0n) is 18.7. The van der Waals surface area contributed by atoms with Crippen LogP contribution in [0.1, 0.15) is 70.2 Å². The Bertz CT molecular complexity index is 930. The summed E-state index contributed by atoms with van der Waals surface area (Å²) in [5.74, 6) is -1.43. The highest BCUT2D eigenvalue weighted by Gasteiger charge is 2.69. The Morgan fingerprint density at radius 1 is 1.00 bits per heavy atom. The number of rotatable bonds is 5. The fraction of sp³-hybridized carbons (Fsp3) is 0.583. The first kappa shape index (κ1) is 21.5. The Morgan fingerprint density at radius 3 is 2.03 bits per heavy atom. The number of benzene rings is 1. The van der Waals surface area contributed by atoms with E-state index in [4.69, 9.17) is 5.73 Å². The van der Waals surface area contributed by atoms with Crippen molar-refractivity contribution in [2.45, 2.75) is 71.9 Å². The van der Waals surface area contributed by atoms with Crippen LogP contribution in [0.2, 0.25) is 0 Å². The van der Waals surface area contributed by atoms with Crippen LogP contribution in [0.4, 0.5) is 5.69 Å². The third-order valence-electron chi connectivity index (χ3n) is 8.11. The molecule has 3 aliphatic rings. The molecule has 1 aromatic rings. The van der Waals surface area contributed by atoms with E-state index in [1.165, 1.54) is 12.1 Å². The molecule has 1 atom stereocenters. The molecule has 7 nitrogen and oxygen atoms in total. The lowest BCUT2D eigenvalue weighted by Crippen LogP contribution is -2.51. The molecule has 166 valence electrons. The maximum Gasteiger partial charge on any atom is 0.257 e. The number of hydrogen-bond acceptors (Lipinski definition) is 4. The molecule has 3 fully saturated rings. The molecule has 0 bridgehead atoms. The highest BCUT2D eigenvalue weighted by Crippen LogP contribution is 2.69. The molecule has 31 heavy (non-hydrogen) atoms. The summed E-state index contributed by atoms with van der Waals surface area (Å²) in [6, 6.07) is 5.33. The number of carbonyl (C=O) groups is 4. The third kappa shape index (κ3) is 3.25. The van der Waals surface area contributed by atoms with Gasteiger partial charge in [0.25, 0.3) is 5.91 Å². The van der Waals surface area contributed by atoms with Crippen LogP contribution in [-0.4, -0.2) is 40.6 Å². The molecule has 1 heterocycles. The van der Waals surface area contributed by atoms with E-state index in [0.717, 1.165) is 30.6 Å². The van der Waals surface area contributed by atoms with Crippen LogP contribution in [0.5, 0.6) is 0 Å². The van der Waals surface area contributed by atoms with E-state index in [1.54, 1.807) is 17.0 Å². The summed E-state index contributed by atoms with van der Waals surface area (Å²) in [5.41, 5.74) is 5.70. The molecule has 4 amide bonds. The van der Waals surface area contributed by atoms with Crippen molar-refractivity contribution in [3.8, 4) is 0 Å². The monoisotopic (exact) mass is 425 g/mol. The normalized spacial score (nSPS) is 25.2. The maximum atomic E-state index is 13.7. The van der Waals surface area contributed by atoms with Crippen LogP contribution >= 0.6 is 0 Å². The molecule has 4 rings (SSSR count). The molecule has 2 aliphatic carbocycles. The number of anilines is 1. The summed E-state index contributed by atoms with van der Waals surface area (Å²) >= 11 is 0. The number of nitrogens with two attached hydrogens (primary N) is 1. The van der Waals surface area contributed by atoms with Crippen molar-refractivity contribution in [3.63, 3.8) is 0 Å². The Labute approximate surface area is 182 Å². The van der Waals surface area contributed by atoms with Gasteiger partial charge < -0.3 is 10.6 Å². The van der Waals surface area contributed by atoms with Crippen molar-refractivity contribution in [2.24, 2.45) is 22.5 Å². The van der Waals surface area contributed by atoms with Crippen molar-refractivity contribution in [2.75, 3.05) is 4.90 Å². The first-order valence-corrected chi connectivity index (χ1v) is 11.1. The number of amides is 4.